The Bertz CT molecular complexity index is 1140. The number of thiazole rings is 1. The van der Waals surface area contributed by atoms with Crippen molar-refractivity contribution in [3.63, 3.8) is 0 Å². The lowest BCUT2D eigenvalue weighted by Gasteiger charge is -2.10. The van der Waals surface area contributed by atoms with Crippen LogP contribution in [0.2, 0.25) is 0 Å². The summed E-state index contributed by atoms with van der Waals surface area (Å²) in [6.07, 6.45) is 0.625. The Morgan fingerprint density at radius 2 is 2.07 bits per heavy atom. The Labute approximate surface area is 167 Å². The number of aryl methyl sites for hydroxylation is 2. The van der Waals surface area contributed by atoms with Crippen molar-refractivity contribution in [3.05, 3.63) is 37.1 Å². The Morgan fingerprint density at radius 1 is 1.32 bits per heavy atom. The van der Waals surface area contributed by atoms with Crippen LogP contribution in [0.4, 0.5) is 5.82 Å². The zero-order valence-corrected chi connectivity index (χ0v) is 17.1. The largest absolute Gasteiger partial charge is 0.410 e. The average molecular weight is 422 g/mol. The van der Waals surface area contributed by atoms with Crippen molar-refractivity contribution in [2.45, 2.75) is 39.0 Å². The molecule has 3 rings (SSSR count). The number of aromatic nitrogens is 5. The molecule has 3 aromatic rings. The van der Waals surface area contributed by atoms with E-state index in [0.717, 1.165) is 27.3 Å². The molecule has 0 unspecified atom stereocenters. The molecule has 0 atom stereocenters. The summed E-state index contributed by atoms with van der Waals surface area (Å²) in [6.45, 7) is 5.88. The third-order valence-electron chi connectivity index (χ3n) is 3.80. The Balaban J connectivity index is 1.78. The van der Waals surface area contributed by atoms with Crippen molar-refractivity contribution in [1.82, 2.24) is 24.7 Å². The summed E-state index contributed by atoms with van der Waals surface area (Å²) in [4.78, 5) is 43.7. The molecule has 0 aromatic carbocycles. The molecular formula is C16H18N6O4S2. The highest BCUT2D eigenvalue weighted by Crippen LogP contribution is 2.30. The number of ketones is 1. The van der Waals surface area contributed by atoms with Crippen molar-refractivity contribution in [3.8, 4) is 10.8 Å². The van der Waals surface area contributed by atoms with E-state index in [9.17, 15) is 14.4 Å². The summed E-state index contributed by atoms with van der Waals surface area (Å²) in [6, 6.07) is 0. The molecule has 0 aliphatic heterocycles. The van der Waals surface area contributed by atoms with E-state index in [-0.39, 0.29) is 22.4 Å². The quantitative estimate of drug-likeness (QED) is 0.427. The number of nitrogens with zero attached hydrogens (tertiary/aromatic N) is 4. The first-order chi connectivity index (χ1) is 13.3. The molecule has 28 heavy (non-hydrogen) atoms. The molecule has 0 fully saturated rings. The van der Waals surface area contributed by atoms with Gasteiger partial charge in [-0.25, -0.2) is 9.78 Å². The fraction of sp³-hybridized carbons (Fsp3) is 0.375. The standard InChI is InChI=1S/C16H18N6O4S2/c1-4-5-22-12(17)10(13(24)19-15(22)25)9(23)6-27-16-21-20-14(26-16)11-7(2)18-8(3)28-11/h4-6,17H2,1-3H3,(H,19,24,25). The van der Waals surface area contributed by atoms with Crippen LogP contribution in [0.1, 0.15) is 34.4 Å². The number of aromatic amines is 1. The van der Waals surface area contributed by atoms with Crippen LogP contribution in [0.5, 0.6) is 0 Å². The van der Waals surface area contributed by atoms with Crippen LogP contribution in [-0.4, -0.2) is 36.3 Å². The van der Waals surface area contributed by atoms with Gasteiger partial charge in [0.15, 0.2) is 5.78 Å². The van der Waals surface area contributed by atoms with Crippen molar-refractivity contribution >= 4 is 34.7 Å². The van der Waals surface area contributed by atoms with Gasteiger partial charge >= 0.3 is 5.69 Å². The van der Waals surface area contributed by atoms with Crippen LogP contribution in [-0.2, 0) is 6.54 Å². The summed E-state index contributed by atoms with van der Waals surface area (Å²) in [7, 11) is 0. The lowest BCUT2D eigenvalue weighted by molar-refractivity contribution is 0.102. The summed E-state index contributed by atoms with van der Waals surface area (Å²) in [5.41, 5.74) is 5.01. The fourth-order valence-corrected chi connectivity index (χ4v) is 4.07. The van der Waals surface area contributed by atoms with Gasteiger partial charge in [-0.3, -0.25) is 19.1 Å². The van der Waals surface area contributed by atoms with E-state index < -0.39 is 17.0 Å². The SMILES string of the molecule is CCCn1c(N)c(C(=O)CSc2nnc(-c3sc(C)nc3C)o2)c(=O)[nH]c1=O. The predicted octanol–water partition coefficient (Wildman–Crippen LogP) is 1.63. The molecule has 0 bridgehead atoms. The molecule has 0 spiro atoms. The second-order valence-corrected chi connectivity index (χ2v) is 8.03. The van der Waals surface area contributed by atoms with Crippen molar-refractivity contribution in [1.29, 1.82) is 0 Å². The number of Topliss-reactive ketones (excluding diaryl/α,β-unsaturated/α-hetero) is 1. The maximum Gasteiger partial charge on any atom is 0.329 e. The third kappa shape index (κ3) is 3.92. The van der Waals surface area contributed by atoms with E-state index in [2.05, 4.69) is 20.2 Å². The number of anilines is 1. The smallest absolute Gasteiger partial charge is 0.329 e. The van der Waals surface area contributed by atoms with Gasteiger partial charge in [-0.15, -0.1) is 21.5 Å². The van der Waals surface area contributed by atoms with Gasteiger partial charge in [-0.05, 0) is 20.3 Å². The fourth-order valence-electron chi connectivity index (χ4n) is 2.59. The van der Waals surface area contributed by atoms with Gasteiger partial charge in [0.05, 0.1) is 16.5 Å². The first-order valence-corrected chi connectivity index (χ1v) is 10.2. The maximum atomic E-state index is 12.5. The Morgan fingerprint density at radius 3 is 2.71 bits per heavy atom. The molecular weight excluding hydrogens is 404 g/mol. The molecule has 0 saturated heterocycles. The minimum absolute atomic E-state index is 0.136. The lowest BCUT2D eigenvalue weighted by Crippen LogP contribution is -2.36. The molecule has 10 nitrogen and oxygen atoms in total. The minimum atomic E-state index is -0.803. The van der Waals surface area contributed by atoms with Crippen LogP contribution in [0.25, 0.3) is 10.8 Å². The van der Waals surface area contributed by atoms with Gasteiger partial charge in [0.2, 0.25) is 0 Å². The molecule has 0 radical (unpaired) electrons. The molecule has 0 aliphatic rings. The highest BCUT2D eigenvalue weighted by Gasteiger charge is 2.21. The molecule has 3 N–H and O–H groups in total. The first kappa shape index (κ1) is 20.0. The number of thioether (sulfide) groups is 1. The zero-order chi connectivity index (χ0) is 20.4. The number of carbonyl (C=O) groups is 1. The number of hydrogen-bond donors (Lipinski definition) is 2. The van der Waals surface area contributed by atoms with Gasteiger partial charge in [0.1, 0.15) is 16.3 Å². The predicted molar refractivity (Wildman–Crippen MR) is 106 cm³/mol. The van der Waals surface area contributed by atoms with Gasteiger partial charge in [0.25, 0.3) is 16.7 Å². The van der Waals surface area contributed by atoms with E-state index in [1.165, 1.54) is 15.9 Å². The van der Waals surface area contributed by atoms with E-state index in [1.807, 2.05) is 20.8 Å². The second kappa shape index (κ2) is 8.10. The number of nitrogens with two attached hydrogens (primary N) is 1. The van der Waals surface area contributed by atoms with Crippen LogP contribution < -0.4 is 17.0 Å². The van der Waals surface area contributed by atoms with Crippen molar-refractivity contribution in [2.24, 2.45) is 0 Å². The van der Waals surface area contributed by atoms with Gasteiger partial charge in [0, 0.05) is 6.54 Å². The molecule has 0 amide bonds. The van der Waals surface area contributed by atoms with E-state index in [4.69, 9.17) is 10.2 Å². The normalized spacial score (nSPS) is 11.1. The number of rotatable bonds is 7. The number of carbonyl (C=O) groups excluding carboxylic acids is 1. The third-order valence-corrected chi connectivity index (χ3v) is 5.68. The summed E-state index contributed by atoms with van der Waals surface area (Å²) >= 11 is 2.43. The number of nitrogen functional groups attached to an aromatic ring is 1. The number of nitrogens with one attached hydrogen (secondary N) is 1. The number of H-pyrrole nitrogens is 1. The minimum Gasteiger partial charge on any atom is -0.410 e. The Hall–Kier alpha value is -2.73. The maximum absolute atomic E-state index is 12.5. The average Bonchev–Trinajstić information content (AvgIpc) is 3.22. The van der Waals surface area contributed by atoms with Crippen LogP contribution >= 0.6 is 23.1 Å². The van der Waals surface area contributed by atoms with E-state index >= 15 is 0 Å². The topological polar surface area (TPSA) is 150 Å². The highest BCUT2D eigenvalue weighted by atomic mass is 32.2. The zero-order valence-electron chi connectivity index (χ0n) is 15.4. The van der Waals surface area contributed by atoms with Gasteiger partial charge < -0.3 is 10.2 Å². The highest BCUT2D eigenvalue weighted by molar-refractivity contribution is 7.99. The molecule has 0 saturated carbocycles. The molecule has 12 heteroatoms. The lowest BCUT2D eigenvalue weighted by atomic mass is 10.2. The Kier molecular flexibility index (Phi) is 5.79. The first-order valence-electron chi connectivity index (χ1n) is 8.38. The molecule has 0 aliphatic carbocycles. The van der Waals surface area contributed by atoms with E-state index in [1.54, 1.807) is 0 Å². The van der Waals surface area contributed by atoms with Gasteiger partial charge in [-0.1, -0.05) is 18.7 Å². The number of hydrogen-bond acceptors (Lipinski definition) is 10. The summed E-state index contributed by atoms with van der Waals surface area (Å²) < 4.78 is 6.76. The van der Waals surface area contributed by atoms with Crippen molar-refractivity contribution in [2.75, 3.05) is 11.5 Å². The summed E-state index contributed by atoms with van der Waals surface area (Å²) in [5.74, 6) is -0.479. The molecule has 3 aromatic heterocycles. The molecule has 3 heterocycles. The van der Waals surface area contributed by atoms with Crippen molar-refractivity contribution < 1.29 is 9.21 Å². The van der Waals surface area contributed by atoms with Crippen LogP contribution in [0.15, 0.2) is 19.2 Å². The summed E-state index contributed by atoms with van der Waals surface area (Å²) in [5, 5.41) is 8.96. The van der Waals surface area contributed by atoms with E-state index in [0.29, 0.717) is 18.9 Å². The van der Waals surface area contributed by atoms with Gasteiger partial charge in [-0.2, -0.15) is 0 Å². The monoisotopic (exact) mass is 422 g/mol. The van der Waals surface area contributed by atoms with Crippen LogP contribution in [0.3, 0.4) is 0 Å². The van der Waals surface area contributed by atoms with Crippen LogP contribution in [0, 0.1) is 13.8 Å². The molecule has 148 valence electrons. The second-order valence-electron chi connectivity index (χ2n) is 5.90.